The monoisotopic (exact) mass is 978 g/mol. The van der Waals surface area contributed by atoms with Gasteiger partial charge in [0.15, 0.2) is 0 Å². The van der Waals surface area contributed by atoms with Crippen molar-refractivity contribution in [3.8, 4) is 78.9 Å². The first-order valence-electron chi connectivity index (χ1n) is 19.8. The van der Waals surface area contributed by atoms with Crippen LogP contribution in [0.4, 0.5) is 0 Å². The number of benzene rings is 4. The number of aromatic nitrogens is 8. The third kappa shape index (κ3) is 12.8. The maximum absolute atomic E-state index is 7.13. The van der Waals surface area contributed by atoms with Crippen LogP contribution in [-0.4, -0.2) is 49.8 Å². The first kappa shape index (κ1) is 46.9. The van der Waals surface area contributed by atoms with Crippen LogP contribution in [0.2, 0.25) is 0 Å². The number of hydrogen-bond acceptors (Lipinski definition) is 8. The second-order valence-corrected chi connectivity index (χ2v) is 14.0. The predicted molar refractivity (Wildman–Crippen MR) is 263 cm³/mol. The van der Waals surface area contributed by atoms with E-state index in [1.807, 2.05) is 107 Å². The minimum absolute atomic E-state index is 0. The summed E-state index contributed by atoms with van der Waals surface area (Å²) in [5.74, 6) is 0. The van der Waals surface area contributed by atoms with Crippen LogP contribution in [0.5, 0.6) is 0 Å². The molecule has 0 amide bonds. The average Bonchev–Trinajstić information content (AvgIpc) is 4.13. The summed E-state index contributed by atoms with van der Waals surface area (Å²) >= 11 is 7.40. The molecule has 0 unspecified atom stereocenters. The zero-order valence-electron chi connectivity index (χ0n) is 34.8. The molecule has 6 aromatic heterocycles. The van der Waals surface area contributed by atoms with Gasteiger partial charge >= 0.3 is 27.3 Å². The molecule has 308 valence electrons. The molecule has 10 rings (SSSR count). The standard InChI is InChI=1S/2C25H18N4.2CNS.Cd/c2*1-2-7-20(8-3-1)24-17-21(18-25(28-24)23-9-4-5-14-26-23)19-10-12-22(13-11-19)29-16-6-15-27-29;2*2-1-3;/h2*1-18H;;;/q;;2*-1;+2. The zero-order chi connectivity index (χ0) is 44.4. The van der Waals surface area contributed by atoms with Gasteiger partial charge in [0, 0.05) is 48.3 Å². The van der Waals surface area contributed by atoms with E-state index in [0.29, 0.717) is 0 Å². The summed E-state index contributed by atoms with van der Waals surface area (Å²) in [6.45, 7) is 0. The van der Waals surface area contributed by atoms with Crippen LogP contribution >= 0.6 is 24.4 Å². The Morgan fingerprint density at radius 3 is 1.03 bits per heavy atom. The van der Waals surface area contributed by atoms with Gasteiger partial charge in [-0.05, 0) is 107 Å². The van der Waals surface area contributed by atoms with E-state index >= 15 is 0 Å². The zero-order valence-corrected chi connectivity index (χ0v) is 40.4. The molecule has 0 fully saturated rings. The van der Waals surface area contributed by atoms with Crippen LogP contribution in [0.1, 0.15) is 0 Å². The molecule has 0 aliphatic carbocycles. The van der Waals surface area contributed by atoms with E-state index < -0.39 is 0 Å². The molecular weight excluding hydrogens is 941 g/mol. The second-order valence-electron chi connectivity index (χ2n) is 13.6. The number of rotatable bonds is 8. The molecule has 0 N–H and O–H groups in total. The minimum Gasteiger partial charge on any atom is -0.753 e. The van der Waals surface area contributed by atoms with Gasteiger partial charge < -0.3 is 10.8 Å². The van der Waals surface area contributed by atoms with E-state index in [0.717, 1.165) is 78.9 Å². The summed E-state index contributed by atoms with van der Waals surface area (Å²) in [6, 6.07) is 61.3. The van der Waals surface area contributed by atoms with Crippen molar-refractivity contribution in [2.75, 3.05) is 0 Å². The van der Waals surface area contributed by atoms with Gasteiger partial charge in [-0.25, -0.2) is 19.3 Å². The van der Waals surface area contributed by atoms with Crippen molar-refractivity contribution in [3.63, 3.8) is 0 Å². The Kier molecular flexibility index (Phi) is 17.6. The summed E-state index contributed by atoms with van der Waals surface area (Å²) in [6.07, 6.45) is 11.0. The van der Waals surface area contributed by atoms with Crippen LogP contribution in [0.3, 0.4) is 0 Å². The number of thiocarbonyl (C=S) groups is 2. The molecule has 0 spiro atoms. The molecular formula is C52H36CdN10S2. The molecule has 0 saturated heterocycles. The van der Waals surface area contributed by atoms with Crippen molar-refractivity contribution in [1.29, 1.82) is 0 Å². The van der Waals surface area contributed by atoms with Crippen molar-refractivity contribution in [2.45, 2.75) is 0 Å². The number of pyridine rings is 4. The molecule has 0 aliphatic rings. The first-order chi connectivity index (χ1) is 31.6. The SMILES string of the molecule is [Cd+2].[N-]=C=S.[N-]=C=S.c1ccc(-c2cc(-c3ccc(-n4cccn4)cc3)cc(-c3ccccn3)n2)cc1.c1ccc(-c2cc(-c3ccc(-n4cccn4)cc3)cc(-c3ccccn3)n2)cc1. The molecule has 10 aromatic rings. The van der Waals surface area contributed by atoms with Gasteiger partial charge in [0.2, 0.25) is 0 Å². The van der Waals surface area contributed by atoms with Crippen LogP contribution in [0.25, 0.3) is 89.7 Å². The predicted octanol–water partition coefficient (Wildman–Crippen LogP) is 12.6. The van der Waals surface area contributed by atoms with Crippen molar-refractivity contribution in [2.24, 2.45) is 0 Å². The Morgan fingerprint density at radius 1 is 0.354 bits per heavy atom. The Balaban J connectivity index is 0.000000190. The Labute approximate surface area is 407 Å². The molecule has 0 radical (unpaired) electrons. The summed E-state index contributed by atoms with van der Waals surface area (Å²) < 4.78 is 3.70. The third-order valence-corrected chi connectivity index (χ3v) is 9.58. The van der Waals surface area contributed by atoms with Crippen molar-refractivity contribution in [1.82, 2.24) is 39.5 Å². The molecule has 0 aliphatic heterocycles. The largest absolute Gasteiger partial charge is 2.00 e. The van der Waals surface area contributed by atoms with Gasteiger partial charge in [-0.3, -0.25) is 9.97 Å². The molecule has 13 heteroatoms. The topological polar surface area (TPSA) is 132 Å². The van der Waals surface area contributed by atoms with E-state index in [2.05, 4.69) is 142 Å². The van der Waals surface area contributed by atoms with Gasteiger partial charge in [-0.15, -0.1) is 0 Å². The van der Waals surface area contributed by atoms with E-state index in [1.165, 1.54) is 10.3 Å². The van der Waals surface area contributed by atoms with Crippen LogP contribution < -0.4 is 0 Å². The van der Waals surface area contributed by atoms with Crippen molar-refractivity contribution in [3.05, 3.63) is 230 Å². The maximum atomic E-state index is 7.13. The van der Waals surface area contributed by atoms with Gasteiger partial charge in [-0.1, -0.05) is 121 Å². The van der Waals surface area contributed by atoms with Crippen molar-refractivity contribution >= 4 is 34.8 Å². The Morgan fingerprint density at radius 2 is 0.708 bits per heavy atom. The summed E-state index contributed by atoms with van der Waals surface area (Å²) in [5, 5.41) is 25.5. The van der Waals surface area contributed by atoms with E-state index in [1.54, 1.807) is 24.8 Å². The number of isothiocyanates is 2. The molecule has 0 saturated carbocycles. The smallest absolute Gasteiger partial charge is 0.753 e. The Hall–Kier alpha value is -7.58. The molecule has 0 bridgehead atoms. The van der Waals surface area contributed by atoms with Crippen LogP contribution in [0, 0.1) is 0 Å². The third-order valence-electron chi connectivity index (χ3n) is 9.58. The minimum atomic E-state index is 0. The van der Waals surface area contributed by atoms with E-state index in [4.69, 9.17) is 20.8 Å². The normalized spacial score (nSPS) is 9.85. The fraction of sp³-hybridized carbons (Fsp3) is 0. The van der Waals surface area contributed by atoms with E-state index in [9.17, 15) is 0 Å². The Bertz CT molecular complexity index is 2720. The van der Waals surface area contributed by atoms with Gasteiger partial charge in [-0.2, -0.15) is 20.5 Å². The van der Waals surface area contributed by atoms with Crippen LogP contribution in [-0.2, 0) is 27.3 Å². The molecule has 4 aromatic carbocycles. The summed E-state index contributed by atoms with van der Waals surface area (Å²) in [4.78, 5) is 18.7. The molecule has 0 atom stereocenters. The second kappa shape index (κ2) is 24.3. The first-order valence-corrected chi connectivity index (χ1v) is 20.6. The molecule has 10 nitrogen and oxygen atoms in total. The van der Waals surface area contributed by atoms with Crippen LogP contribution in [0.15, 0.2) is 219 Å². The molecule has 65 heavy (non-hydrogen) atoms. The fourth-order valence-corrected chi connectivity index (χ4v) is 6.66. The average molecular weight is 977 g/mol. The fourth-order valence-electron chi connectivity index (χ4n) is 6.66. The number of hydrogen-bond donors (Lipinski definition) is 0. The quantitative estimate of drug-likeness (QED) is 0.0835. The summed E-state index contributed by atoms with van der Waals surface area (Å²) in [5.41, 5.74) is 14.0. The van der Waals surface area contributed by atoms with Crippen molar-refractivity contribution < 1.29 is 27.3 Å². The van der Waals surface area contributed by atoms with Gasteiger partial charge in [0.25, 0.3) is 0 Å². The maximum Gasteiger partial charge on any atom is 2.00 e. The van der Waals surface area contributed by atoms with E-state index in [-0.39, 0.29) is 27.3 Å². The number of nitrogens with zero attached hydrogens (tertiary/aromatic N) is 10. The van der Waals surface area contributed by atoms with Gasteiger partial charge in [0.05, 0.1) is 45.5 Å². The van der Waals surface area contributed by atoms with Gasteiger partial charge in [0.1, 0.15) is 0 Å². The summed E-state index contributed by atoms with van der Waals surface area (Å²) in [7, 11) is 0. The molecule has 6 heterocycles.